The van der Waals surface area contributed by atoms with Gasteiger partial charge in [0.05, 0.1) is 28.5 Å². The molecule has 0 atom stereocenters. The van der Waals surface area contributed by atoms with Crippen LogP contribution in [-0.2, 0) is 19.6 Å². The first kappa shape index (κ1) is 19.8. The molecule has 0 aliphatic carbocycles. The third kappa shape index (κ3) is 3.46. The lowest BCUT2D eigenvalue weighted by Gasteiger charge is -2.09. The summed E-state index contributed by atoms with van der Waals surface area (Å²) < 4.78 is 3.80. The van der Waals surface area contributed by atoms with Gasteiger partial charge in [-0.25, -0.2) is 4.98 Å². The van der Waals surface area contributed by atoms with Crippen LogP contribution in [0.1, 0.15) is 23.1 Å². The Balaban J connectivity index is 1.61. The summed E-state index contributed by atoms with van der Waals surface area (Å²) in [6.07, 6.45) is 1.61. The first-order valence-corrected chi connectivity index (χ1v) is 10.0. The van der Waals surface area contributed by atoms with Gasteiger partial charge in [0.2, 0.25) is 0 Å². The van der Waals surface area contributed by atoms with Crippen molar-refractivity contribution in [1.82, 2.24) is 24.4 Å². The maximum Gasteiger partial charge on any atom is 0.262 e. The van der Waals surface area contributed by atoms with Crippen LogP contribution in [0.15, 0.2) is 59.9 Å². The van der Waals surface area contributed by atoms with Crippen molar-refractivity contribution in [1.29, 1.82) is 0 Å². The van der Waals surface area contributed by atoms with E-state index in [1.807, 2.05) is 31.2 Å². The van der Waals surface area contributed by atoms with Gasteiger partial charge < -0.3 is 14.9 Å². The standard InChI is InChI=1S/C22H21N5O2S/c1-3-11-27-21(29)15-10-9-14(12-17(15)25-22(27)30)20(28)23-13-19-24-16-7-5-6-8-18(16)26(19)4-2/h3,5-10,12H,1,4,11,13H2,2H3,(H,23,28)(H,25,30). The Bertz CT molecular complexity index is 1400. The number of para-hydroxylation sites is 2. The highest BCUT2D eigenvalue weighted by Crippen LogP contribution is 2.16. The summed E-state index contributed by atoms with van der Waals surface area (Å²) in [6.45, 7) is 7.08. The van der Waals surface area contributed by atoms with Crippen LogP contribution in [0.4, 0.5) is 0 Å². The Hall–Kier alpha value is -3.52. The van der Waals surface area contributed by atoms with Crippen molar-refractivity contribution in [2.45, 2.75) is 26.6 Å². The number of H-pyrrole nitrogens is 1. The monoisotopic (exact) mass is 419 g/mol. The van der Waals surface area contributed by atoms with Crippen LogP contribution in [0.25, 0.3) is 21.9 Å². The van der Waals surface area contributed by atoms with Gasteiger partial charge in [-0.3, -0.25) is 14.2 Å². The third-order valence-electron chi connectivity index (χ3n) is 5.01. The number of fused-ring (bicyclic) bond motifs is 2. The molecule has 2 aromatic heterocycles. The van der Waals surface area contributed by atoms with Crippen LogP contribution in [0.5, 0.6) is 0 Å². The van der Waals surface area contributed by atoms with Gasteiger partial charge in [-0.1, -0.05) is 18.2 Å². The van der Waals surface area contributed by atoms with Crippen LogP contribution in [-0.4, -0.2) is 25.0 Å². The van der Waals surface area contributed by atoms with E-state index in [0.29, 0.717) is 34.3 Å². The Labute approximate surface area is 177 Å². The first-order chi connectivity index (χ1) is 14.5. The summed E-state index contributed by atoms with van der Waals surface area (Å²) >= 11 is 5.26. The number of aromatic amines is 1. The lowest BCUT2D eigenvalue weighted by Crippen LogP contribution is -2.25. The van der Waals surface area contributed by atoms with E-state index >= 15 is 0 Å². The number of benzene rings is 2. The minimum absolute atomic E-state index is 0.211. The highest BCUT2D eigenvalue weighted by atomic mass is 32.1. The molecule has 0 aliphatic heterocycles. The minimum atomic E-state index is -0.249. The molecule has 4 rings (SSSR count). The number of allylic oxidation sites excluding steroid dienone is 1. The average molecular weight is 420 g/mol. The highest BCUT2D eigenvalue weighted by Gasteiger charge is 2.13. The lowest BCUT2D eigenvalue weighted by molar-refractivity contribution is 0.0949. The molecule has 1 amide bonds. The number of aryl methyl sites for hydroxylation is 1. The van der Waals surface area contributed by atoms with Crippen molar-refractivity contribution in [3.05, 3.63) is 81.6 Å². The highest BCUT2D eigenvalue weighted by molar-refractivity contribution is 7.71. The molecule has 0 saturated carbocycles. The van der Waals surface area contributed by atoms with Gasteiger partial charge in [0.1, 0.15) is 5.82 Å². The molecular weight excluding hydrogens is 398 g/mol. The Morgan fingerprint density at radius 2 is 2.07 bits per heavy atom. The van der Waals surface area contributed by atoms with E-state index in [1.165, 1.54) is 4.57 Å². The number of nitrogens with one attached hydrogen (secondary N) is 2. The lowest BCUT2D eigenvalue weighted by atomic mass is 10.1. The van der Waals surface area contributed by atoms with Gasteiger partial charge in [-0.05, 0) is 49.5 Å². The zero-order chi connectivity index (χ0) is 21.3. The summed E-state index contributed by atoms with van der Waals surface area (Å²) in [5.41, 5.74) is 2.69. The molecule has 0 saturated heterocycles. The zero-order valence-electron chi connectivity index (χ0n) is 16.5. The molecule has 30 heavy (non-hydrogen) atoms. The third-order valence-corrected chi connectivity index (χ3v) is 5.34. The van der Waals surface area contributed by atoms with Gasteiger partial charge in [-0.15, -0.1) is 6.58 Å². The molecule has 0 fully saturated rings. The average Bonchev–Trinajstić information content (AvgIpc) is 3.12. The van der Waals surface area contributed by atoms with Gasteiger partial charge in [0.15, 0.2) is 4.77 Å². The normalized spacial score (nSPS) is 11.1. The molecule has 2 heterocycles. The number of amides is 1. The molecule has 0 bridgehead atoms. The van der Waals surface area contributed by atoms with Crippen molar-refractivity contribution in [2.75, 3.05) is 0 Å². The van der Waals surface area contributed by atoms with Crippen LogP contribution in [0.2, 0.25) is 0 Å². The number of aromatic nitrogens is 4. The van der Waals surface area contributed by atoms with Gasteiger partial charge in [0, 0.05) is 18.7 Å². The Kier molecular flexibility index (Phi) is 5.33. The molecule has 0 aliphatic rings. The van der Waals surface area contributed by atoms with Gasteiger partial charge in [-0.2, -0.15) is 0 Å². The topological polar surface area (TPSA) is 84.7 Å². The van der Waals surface area contributed by atoms with E-state index in [2.05, 4.69) is 26.4 Å². The molecule has 2 aromatic carbocycles. The van der Waals surface area contributed by atoms with Crippen LogP contribution in [0, 0.1) is 4.77 Å². The Morgan fingerprint density at radius 3 is 2.83 bits per heavy atom. The van der Waals surface area contributed by atoms with E-state index in [0.717, 1.165) is 23.4 Å². The maximum atomic E-state index is 12.7. The fourth-order valence-electron chi connectivity index (χ4n) is 3.57. The van der Waals surface area contributed by atoms with Crippen molar-refractivity contribution >= 4 is 40.1 Å². The molecule has 0 spiro atoms. The number of nitrogens with zero attached hydrogens (tertiary/aromatic N) is 3. The molecule has 152 valence electrons. The quantitative estimate of drug-likeness (QED) is 0.370. The molecule has 4 aromatic rings. The van der Waals surface area contributed by atoms with Crippen LogP contribution >= 0.6 is 12.2 Å². The second-order valence-electron chi connectivity index (χ2n) is 6.84. The largest absolute Gasteiger partial charge is 0.345 e. The minimum Gasteiger partial charge on any atom is -0.345 e. The molecular formula is C22H21N5O2S. The number of carbonyl (C=O) groups excluding carboxylic acids is 1. The molecule has 2 N–H and O–H groups in total. The van der Waals surface area contributed by atoms with Gasteiger partial charge >= 0.3 is 0 Å². The van der Waals surface area contributed by atoms with Crippen molar-refractivity contribution in [2.24, 2.45) is 0 Å². The van der Waals surface area contributed by atoms with Crippen molar-refractivity contribution in [3.8, 4) is 0 Å². The van der Waals surface area contributed by atoms with Crippen molar-refractivity contribution < 1.29 is 4.79 Å². The van der Waals surface area contributed by atoms with E-state index in [1.54, 1.807) is 24.3 Å². The number of carbonyl (C=O) groups is 1. The predicted molar refractivity (Wildman–Crippen MR) is 120 cm³/mol. The molecule has 7 nitrogen and oxygen atoms in total. The fraction of sp³-hybridized carbons (Fsp3) is 0.182. The molecule has 8 heteroatoms. The van der Waals surface area contributed by atoms with E-state index < -0.39 is 0 Å². The first-order valence-electron chi connectivity index (χ1n) is 9.63. The van der Waals surface area contributed by atoms with E-state index in [-0.39, 0.29) is 11.5 Å². The van der Waals surface area contributed by atoms with Crippen LogP contribution in [0.3, 0.4) is 0 Å². The second kappa shape index (κ2) is 8.08. The number of rotatable bonds is 6. The summed E-state index contributed by atoms with van der Waals surface area (Å²) in [5.74, 6) is 0.542. The number of hydrogen-bond donors (Lipinski definition) is 2. The summed E-state index contributed by atoms with van der Waals surface area (Å²) in [6, 6.07) is 12.8. The number of imidazole rings is 1. The van der Waals surface area contributed by atoms with E-state index in [9.17, 15) is 9.59 Å². The summed E-state index contributed by atoms with van der Waals surface area (Å²) in [5, 5.41) is 3.39. The summed E-state index contributed by atoms with van der Waals surface area (Å²) in [7, 11) is 0. The summed E-state index contributed by atoms with van der Waals surface area (Å²) in [4.78, 5) is 33.0. The second-order valence-corrected chi connectivity index (χ2v) is 7.23. The zero-order valence-corrected chi connectivity index (χ0v) is 17.3. The molecule has 0 radical (unpaired) electrons. The Morgan fingerprint density at radius 1 is 1.27 bits per heavy atom. The smallest absolute Gasteiger partial charge is 0.262 e. The molecule has 0 unspecified atom stereocenters. The number of hydrogen-bond acceptors (Lipinski definition) is 4. The SMILES string of the molecule is C=CCn1c(=S)[nH]c2cc(C(=O)NCc3nc4ccccc4n3CC)ccc2c1=O. The van der Waals surface area contributed by atoms with E-state index in [4.69, 9.17) is 12.2 Å². The van der Waals surface area contributed by atoms with Crippen molar-refractivity contribution in [3.63, 3.8) is 0 Å². The maximum absolute atomic E-state index is 12.7. The van der Waals surface area contributed by atoms with Gasteiger partial charge in [0.25, 0.3) is 11.5 Å². The predicted octanol–water partition coefficient (Wildman–Crippen LogP) is 3.54. The van der Waals surface area contributed by atoms with Crippen LogP contribution < -0.4 is 10.9 Å². The fourth-order valence-corrected chi connectivity index (χ4v) is 3.83.